The number of benzene rings is 1. The summed E-state index contributed by atoms with van der Waals surface area (Å²) in [5.74, 6) is 1.26. The Bertz CT molecular complexity index is 305. The van der Waals surface area contributed by atoms with Gasteiger partial charge in [-0.05, 0) is 37.6 Å². The van der Waals surface area contributed by atoms with Crippen molar-refractivity contribution in [3.05, 3.63) is 35.4 Å². The van der Waals surface area contributed by atoms with Crippen LogP contribution in [0, 0.1) is 6.92 Å². The first-order chi connectivity index (χ1) is 7.34. The summed E-state index contributed by atoms with van der Waals surface area (Å²) in [6.45, 7) is 4.58. The molecule has 1 saturated heterocycles. The van der Waals surface area contributed by atoms with Crippen molar-refractivity contribution in [3.63, 3.8) is 0 Å². The lowest BCUT2D eigenvalue weighted by Gasteiger charge is -2.07. The fraction of sp³-hybridized carbons (Fsp3) is 0.538. The molecule has 0 aliphatic carbocycles. The molecule has 1 unspecified atom stereocenters. The topological polar surface area (TPSA) is 12.0 Å². The third kappa shape index (κ3) is 3.54. The molecule has 0 bridgehead atoms. The predicted molar refractivity (Wildman–Crippen MR) is 68.6 cm³/mol. The second-order valence-electron chi connectivity index (χ2n) is 4.22. The molecule has 82 valence electrons. The summed E-state index contributed by atoms with van der Waals surface area (Å²) >= 11 is 2.12. The first kappa shape index (κ1) is 11.0. The van der Waals surface area contributed by atoms with E-state index in [0.29, 0.717) is 0 Å². The summed E-state index contributed by atoms with van der Waals surface area (Å²) in [5, 5.41) is 4.27. The van der Waals surface area contributed by atoms with Gasteiger partial charge in [-0.1, -0.05) is 29.8 Å². The standard InChI is InChI=1S/C13H19NS/c1-11-3-2-4-12(9-11)6-8-15-13-5-7-14-10-13/h2-4,9,13-14H,5-8,10H2,1H3. The molecule has 0 saturated carbocycles. The Hall–Kier alpha value is -0.470. The fourth-order valence-electron chi connectivity index (χ4n) is 1.98. The van der Waals surface area contributed by atoms with Crippen molar-refractivity contribution >= 4 is 11.8 Å². The average Bonchev–Trinajstić information content (AvgIpc) is 2.71. The van der Waals surface area contributed by atoms with Gasteiger partial charge < -0.3 is 5.32 Å². The Morgan fingerprint density at radius 2 is 2.40 bits per heavy atom. The minimum Gasteiger partial charge on any atom is -0.316 e. The highest BCUT2D eigenvalue weighted by atomic mass is 32.2. The van der Waals surface area contributed by atoms with Crippen LogP contribution in [0.3, 0.4) is 0 Å². The van der Waals surface area contributed by atoms with Crippen LogP contribution in [0.1, 0.15) is 17.5 Å². The van der Waals surface area contributed by atoms with Crippen LogP contribution in [0.15, 0.2) is 24.3 Å². The normalized spacial score (nSPS) is 20.7. The number of thioether (sulfide) groups is 1. The number of nitrogens with one attached hydrogen (secondary N) is 1. The molecule has 1 N–H and O–H groups in total. The molecule has 15 heavy (non-hydrogen) atoms. The van der Waals surface area contributed by atoms with E-state index in [1.165, 1.54) is 42.8 Å². The first-order valence-electron chi connectivity index (χ1n) is 5.72. The second kappa shape index (κ2) is 5.57. The number of rotatable bonds is 4. The summed E-state index contributed by atoms with van der Waals surface area (Å²) < 4.78 is 0. The molecule has 1 nitrogen and oxygen atoms in total. The lowest BCUT2D eigenvalue weighted by Crippen LogP contribution is -2.10. The summed E-state index contributed by atoms with van der Waals surface area (Å²) in [6.07, 6.45) is 2.56. The van der Waals surface area contributed by atoms with Gasteiger partial charge >= 0.3 is 0 Å². The average molecular weight is 221 g/mol. The van der Waals surface area contributed by atoms with E-state index in [2.05, 4.69) is 48.3 Å². The van der Waals surface area contributed by atoms with Crippen molar-refractivity contribution in [1.29, 1.82) is 0 Å². The zero-order valence-electron chi connectivity index (χ0n) is 9.33. The van der Waals surface area contributed by atoms with Gasteiger partial charge in [-0.15, -0.1) is 0 Å². The largest absolute Gasteiger partial charge is 0.316 e. The molecule has 2 rings (SSSR count). The fourth-order valence-corrected chi connectivity index (χ4v) is 3.19. The smallest absolute Gasteiger partial charge is 0.0184 e. The van der Waals surface area contributed by atoms with E-state index in [1.807, 2.05) is 0 Å². The quantitative estimate of drug-likeness (QED) is 0.839. The van der Waals surface area contributed by atoms with Crippen molar-refractivity contribution in [2.24, 2.45) is 0 Å². The molecular formula is C13H19NS. The summed E-state index contributed by atoms with van der Waals surface area (Å²) in [5.41, 5.74) is 2.86. The molecule has 1 atom stereocenters. The van der Waals surface area contributed by atoms with E-state index in [4.69, 9.17) is 0 Å². The molecular weight excluding hydrogens is 202 g/mol. The summed E-state index contributed by atoms with van der Waals surface area (Å²) in [4.78, 5) is 0. The molecule has 1 heterocycles. The van der Waals surface area contributed by atoms with Crippen LogP contribution in [0.4, 0.5) is 0 Å². The van der Waals surface area contributed by atoms with Crippen molar-refractivity contribution in [3.8, 4) is 0 Å². The van der Waals surface area contributed by atoms with E-state index in [9.17, 15) is 0 Å². The highest BCUT2D eigenvalue weighted by Crippen LogP contribution is 2.18. The van der Waals surface area contributed by atoms with Gasteiger partial charge in [-0.2, -0.15) is 11.8 Å². The van der Waals surface area contributed by atoms with Crippen LogP contribution in [-0.4, -0.2) is 24.1 Å². The number of aryl methyl sites for hydroxylation is 2. The molecule has 1 aromatic rings. The lowest BCUT2D eigenvalue weighted by molar-refractivity contribution is 0.858. The minimum absolute atomic E-state index is 0.856. The van der Waals surface area contributed by atoms with E-state index in [1.54, 1.807) is 0 Å². The highest BCUT2D eigenvalue weighted by Gasteiger charge is 2.13. The summed E-state index contributed by atoms with van der Waals surface area (Å²) in [6, 6.07) is 8.86. The van der Waals surface area contributed by atoms with Gasteiger partial charge in [-0.25, -0.2) is 0 Å². The molecule has 0 aromatic heterocycles. The van der Waals surface area contributed by atoms with Gasteiger partial charge in [-0.3, -0.25) is 0 Å². The Morgan fingerprint density at radius 1 is 1.47 bits per heavy atom. The van der Waals surface area contributed by atoms with Gasteiger partial charge in [0.1, 0.15) is 0 Å². The molecule has 0 amide bonds. The van der Waals surface area contributed by atoms with Gasteiger partial charge in [0.25, 0.3) is 0 Å². The molecule has 0 radical (unpaired) electrons. The van der Waals surface area contributed by atoms with E-state index < -0.39 is 0 Å². The van der Waals surface area contributed by atoms with Crippen molar-refractivity contribution in [2.45, 2.75) is 25.0 Å². The Morgan fingerprint density at radius 3 is 3.13 bits per heavy atom. The van der Waals surface area contributed by atoms with Crippen LogP contribution >= 0.6 is 11.8 Å². The van der Waals surface area contributed by atoms with Crippen molar-refractivity contribution < 1.29 is 0 Å². The SMILES string of the molecule is Cc1cccc(CCSC2CCNC2)c1. The molecule has 0 spiro atoms. The highest BCUT2D eigenvalue weighted by molar-refractivity contribution is 7.99. The monoisotopic (exact) mass is 221 g/mol. The van der Waals surface area contributed by atoms with Crippen molar-refractivity contribution in [2.75, 3.05) is 18.8 Å². The zero-order chi connectivity index (χ0) is 10.5. The van der Waals surface area contributed by atoms with Gasteiger partial charge in [0.05, 0.1) is 0 Å². The van der Waals surface area contributed by atoms with E-state index in [-0.39, 0.29) is 0 Å². The predicted octanol–water partition coefficient (Wildman–Crippen LogP) is 2.63. The number of hydrogen-bond acceptors (Lipinski definition) is 2. The second-order valence-corrected chi connectivity index (χ2v) is 5.63. The van der Waals surface area contributed by atoms with Crippen LogP contribution in [0.5, 0.6) is 0 Å². The van der Waals surface area contributed by atoms with Crippen LogP contribution in [0.2, 0.25) is 0 Å². The molecule has 1 fully saturated rings. The Kier molecular flexibility index (Phi) is 4.09. The molecule has 2 heteroatoms. The van der Waals surface area contributed by atoms with Crippen molar-refractivity contribution in [1.82, 2.24) is 5.32 Å². The Balaban J connectivity index is 1.73. The van der Waals surface area contributed by atoms with E-state index >= 15 is 0 Å². The van der Waals surface area contributed by atoms with Gasteiger partial charge in [0, 0.05) is 11.8 Å². The van der Waals surface area contributed by atoms with Gasteiger partial charge in [0.2, 0.25) is 0 Å². The molecule has 1 aliphatic rings. The Labute approximate surface area is 96.7 Å². The van der Waals surface area contributed by atoms with Crippen LogP contribution in [-0.2, 0) is 6.42 Å². The minimum atomic E-state index is 0.856. The maximum absolute atomic E-state index is 3.41. The van der Waals surface area contributed by atoms with Gasteiger partial charge in [0.15, 0.2) is 0 Å². The van der Waals surface area contributed by atoms with Crippen LogP contribution < -0.4 is 5.32 Å². The summed E-state index contributed by atoms with van der Waals surface area (Å²) in [7, 11) is 0. The maximum Gasteiger partial charge on any atom is 0.0184 e. The first-order valence-corrected chi connectivity index (χ1v) is 6.77. The maximum atomic E-state index is 3.41. The molecule has 1 aromatic carbocycles. The third-order valence-corrected chi connectivity index (χ3v) is 4.16. The van der Waals surface area contributed by atoms with E-state index in [0.717, 1.165) is 5.25 Å². The third-order valence-electron chi connectivity index (χ3n) is 2.84. The zero-order valence-corrected chi connectivity index (χ0v) is 10.1. The molecule has 1 aliphatic heterocycles. The number of hydrogen-bond donors (Lipinski definition) is 1. The lowest BCUT2D eigenvalue weighted by atomic mass is 10.1. The van der Waals surface area contributed by atoms with Crippen LogP contribution in [0.25, 0.3) is 0 Å².